The summed E-state index contributed by atoms with van der Waals surface area (Å²) in [5.41, 5.74) is 0.951. The van der Waals surface area contributed by atoms with E-state index >= 15 is 0 Å². The number of fused-ring (bicyclic) bond motifs is 1. The Balaban J connectivity index is 0.00000541. The van der Waals surface area contributed by atoms with Crippen molar-refractivity contribution >= 4 is 56.7 Å². The number of carbonyl (C=O) groups is 3. The number of aromatic nitrogens is 3. The van der Waals surface area contributed by atoms with Gasteiger partial charge in [-0.3, -0.25) is 33.6 Å². The Bertz CT molecular complexity index is 2110. The number of sulfonamides is 1. The second-order valence-electron chi connectivity index (χ2n) is 12.0. The molecular formula is C34H31Cl2F2N5O9S. The zero-order valence-corrected chi connectivity index (χ0v) is 30.1. The van der Waals surface area contributed by atoms with Crippen LogP contribution in [0.25, 0.3) is 0 Å². The molecule has 0 bridgehead atoms. The van der Waals surface area contributed by atoms with E-state index in [2.05, 4.69) is 19.7 Å². The average Bonchev–Trinajstić information content (AvgIpc) is 3.90. The highest BCUT2D eigenvalue weighted by Crippen LogP contribution is 2.38. The van der Waals surface area contributed by atoms with Crippen LogP contribution in [0.2, 0.25) is 10.0 Å². The van der Waals surface area contributed by atoms with Gasteiger partial charge in [0.05, 0.1) is 48.1 Å². The summed E-state index contributed by atoms with van der Waals surface area (Å²) in [4.78, 5) is 52.0. The minimum atomic E-state index is -3.88. The van der Waals surface area contributed by atoms with E-state index in [-0.39, 0.29) is 69.3 Å². The molecule has 3 heterocycles. The number of esters is 1. The number of carbonyl (C=O) groups excluding carboxylic acids is 3. The number of nitrogens with zero attached hydrogens (tertiary/aromatic N) is 4. The Morgan fingerprint density at radius 1 is 1.04 bits per heavy atom. The van der Waals surface area contributed by atoms with Crippen LogP contribution in [0.5, 0.6) is 11.5 Å². The van der Waals surface area contributed by atoms with Gasteiger partial charge >= 0.3 is 12.6 Å². The van der Waals surface area contributed by atoms with Crippen LogP contribution in [0.1, 0.15) is 56.5 Å². The van der Waals surface area contributed by atoms with Crippen molar-refractivity contribution in [2.24, 2.45) is 5.92 Å². The number of alkyl halides is 2. The Morgan fingerprint density at radius 3 is 2.40 bits per heavy atom. The van der Waals surface area contributed by atoms with E-state index in [1.54, 1.807) is 0 Å². The first-order chi connectivity index (χ1) is 24.8. The molecule has 2 N–H and O–H groups in total. The molecule has 1 saturated carbocycles. The Kier molecular flexibility index (Phi) is 12.1. The lowest BCUT2D eigenvalue weighted by atomic mass is 10.0. The molecule has 14 nitrogen and oxygen atoms in total. The largest absolute Gasteiger partial charge is 0.870 e. The van der Waals surface area contributed by atoms with E-state index in [4.69, 9.17) is 32.7 Å². The fourth-order valence-corrected chi connectivity index (χ4v) is 6.86. The van der Waals surface area contributed by atoms with Crippen LogP contribution in [0, 0.1) is 5.92 Å². The lowest BCUT2D eigenvalue weighted by molar-refractivity contribution is -0.377. The predicted octanol–water partition coefficient (Wildman–Crippen LogP) is 4.90. The fourth-order valence-electron chi connectivity index (χ4n) is 5.47. The minimum absolute atomic E-state index is 0. The molecule has 2 aliphatic rings. The SMILES string of the molecule is CS(=O)(=O)N(Cc1cnccn1)c1ccc2c(c1)C(=O)N(CC(=O)O[C@@H](Cc1c(Cl)c[nH+]cc1Cl)c1ccc(OC(F)F)c(OCC3CC3)c1)C2=O.[OH-]. The number of rotatable bonds is 15. The summed E-state index contributed by atoms with van der Waals surface area (Å²) >= 11 is 12.8. The highest BCUT2D eigenvalue weighted by Gasteiger charge is 2.38. The Morgan fingerprint density at radius 2 is 1.75 bits per heavy atom. The highest BCUT2D eigenvalue weighted by atomic mass is 35.5. The number of ether oxygens (including phenoxy) is 3. The van der Waals surface area contributed by atoms with Crippen molar-refractivity contribution in [1.29, 1.82) is 0 Å². The van der Waals surface area contributed by atoms with E-state index in [1.165, 1.54) is 67.4 Å². The smallest absolute Gasteiger partial charge is 0.387 e. The van der Waals surface area contributed by atoms with Crippen LogP contribution in [-0.4, -0.2) is 72.6 Å². The number of halogens is 4. The van der Waals surface area contributed by atoms with Crippen molar-refractivity contribution in [2.75, 3.05) is 23.7 Å². The van der Waals surface area contributed by atoms with Gasteiger partial charge < -0.3 is 19.7 Å². The van der Waals surface area contributed by atoms with Crippen molar-refractivity contribution < 1.29 is 56.3 Å². The van der Waals surface area contributed by atoms with E-state index in [1.807, 2.05) is 0 Å². The molecule has 2 aromatic heterocycles. The van der Waals surface area contributed by atoms with E-state index < -0.39 is 47.1 Å². The number of nitrogens with one attached hydrogen (secondary N) is 1. The van der Waals surface area contributed by atoms with Crippen LogP contribution in [0.3, 0.4) is 0 Å². The van der Waals surface area contributed by atoms with Crippen LogP contribution in [0.15, 0.2) is 67.4 Å². The van der Waals surface area contributed by atoms with Crippen LogP contribution in [-0.2, 0) is 32.5 Å². The molecule has 4 aromatic rings. The molecule has 1 fully saturated rings. The summed E-state index contributed by atoms with van der Waals surface area (Å²) in [7, 11) is -3.88. The van der Waals surface area contributed by atoms with E-state index in [0.717, 1.165) is 23.4 Å². The maximum atomic E-state index is 13.5. The Labute approximate surface area is 312 Å². The number of benzene rings is 2. The number of amides is 2. The first kappa shape index (κ1) is 39.2. The zero-order valence-electron chi connectivity index (χ0n) is 27.7. The quantitative estimate of drug-likeness (QED) is 0.118. The number of imide groups is 1. The molecule has 2 aromatic carbocycles. The van der Waals surface area contributed by atoms with Gasteiger partial charge in [-0.25, -0.2) is 13.4 Å². The summed E-state index contributed by atoms with van der Waals surface area (Å²) in [6.45, 7) is -3.86. The number of hydrogen-bond donors (Lipinski definition) is 0. The topological polar surface area (TPSA) is 189 Å². The van der Waals surface area contributed by atoms with Crippen molar-refractivity contribution in [3.05, 3.63) is 105 Å². The van der Waals surface area contributed by atoms with Gasteiger partial charge in [-0.2, -0.15) is 8.78 Å². The summed E-state index contributed by atoms with van der Waals surface area (Å²) in [5, 5.41) is 0.435. The molecule has 0 spiro atoms. The number of H-pyrrole nitrogens is 1. The molecule has 0 saturated heterocycles. The second kappa shape index (κ2) is 16.4. The monoisotopic (exact) mass is 793 g/mol. The van der Waals surface area contributed by atoms with Gasteiger partial charge in [-0.05, 0) is 54.7 Å². The van der Waals surface area contributed by atoms with Crippen LogP contribution >= 0.6 is 23.2 Å². The van der Waals surface area contributed by atoms with Gasteiger partial charge in [0.2, 0.25) is 10.0 Å². The van der Waals surface area contributed by atoms with Gasteiger partial charge in [0.1, 0.15) is 22.7 Å². The lowest BCUT2D eigenvalue weighted by Gasteiger charge is -2.22. The Hall–Kier alpha value is -4.97. The highest BCUT2D eigenvalue weighted by molar-refractivity contribution is 7.92. The zero-order chi connectivity index (χ0) is 37.2. The number of aromatic amines is 1. The van der Waals surface area contributed by atoms with Gasteiger partial charge in [-0.15, -0.1) is 0 Å². The fraction of sp³-hybridized carbons (Fsp3) is 0.294. The van der Waals surface area contributed by atoms with Crippen molar-refractivity contribution in [3.63, 3.8) is 0 Å². The molecule has 53 heavy (non-hydrogen) atoms. The summed E-state index contributed by atoms with van der Waals surface area (Å²) in [6, 6.07) is 8.01. The number of pyridine rings is 1. The minimum Gasteiger partial charge on any atom is -0.870 e. The maximum absolute atomic E-state index is 13.5. The average molecular weight is 795 g/mol. The molecule has 1 aliphatic carbocycles. The third-order valence-corrected chi connectivity index (χ3v) is 10.1. The lowest BCUT2D eigenvalue weighted by Crippen LogP contribution is -2.36. The summed E-state index contributed by atoms with van der Waals surface area (Å²) < 4.78 is 69.2. The maximum Gasteiger partial charge on any atom is 0.387 e. The third-order valence-electron chi connectivity index (χ3n) is 8.24. The molecule has 0 radical (unpaired) electrons. The molecule has 280 valence electrons. The molecule has 1 aliphatic heterocycles. The first-order valence-corrected chi connectivity index (χ1v) is 18.4. The molecule has 6 rings (SSSR count). The number of anilines is 1. The van der Waals surface area contributed by atoms with Gasteiger partial charge in [0.15, 0.2) is 23.9 Å². The van der Waals surface area contributed by atoms with Crippen LogP contribution < -0.4 is 18.8 Å². The first-order valence-electron chi connectivity index (χ1n) is 15.8. The molecular weight excluding hydrogens is 763 g/mol. The van der Waals surface area contributed by atoms with Crippen LogP contribution in [0.4, 0.5) is 14.5 Å². The van der Waals surface area contributed by atoms with Gasteiger partial charge in [0.25, 0.3) is 11.8 Å². The molecule has 0 unspecified atom stereocenters. The second-order valence-corrected chi connectivity index (χ2v) is 14.8. The van der Waals surface area contributed by atoms with E-state index in [9.17, 15) is 31.6 Å². The summed E-state index contributed by atoms with van der Waals surface area (Å²) in [6.07, 6.45) is 8.79. The summed E-state index contributed by atoms with van der Waals surface area (Å²) in [5.74, 6) is -2.58. The predicted molar refractivity (Wildman–Crippen MR) is 184 cm³/mol. The number of hydrogen-bond acceptors (Lipinski definition) is 11. The molecule has 2 amide bonds. The molecule has 19 heteroatoms. The molecule has 1 atom stereocenters. The standard InChI is InChI=1S/C34H29Cl2F2N5O8S.H2O/c1-52(47,48)43(16-21-13-39-8-9-41-21)22-5-6-23-24(11-22)33(46)42(32(23)45)17-31(44)50-29(12-25-26(35)14-40-15-27(25)36)20-4-7-28(51-34(37)38)30(10-20)49-18-19-2-3-19;/h4-11,13-15,19,29,34H,2-3,12,16-18H2,1H3;1H2/t29-;/m0./s1. The van der Waals surface area contributed by atoms with E-state index in [0.29, 0.717) is 21.7 Å². The van der Waals surface area contributed by atoms with Gasteiger partial charge in [-0.1, -0.05) is 29.3 Å². The van der Waals surface area contributed by atoms with Crippen molar-refractivity contribution in [1.82, 2.24) is 14.9 Å². The van der Waals surface area contributed by atoms with Gasteiger partial charge in [0, 0.05) is 24.4 Å². The van der Waals surface area contributed by atoms with Crippen molar-refractivity contribution in [3.8, 4) is 11.5 Å². The third kappa shape index (κ3) is 9.34. The normalized spacial score (nSPS) is 14.4. The van der Waals surface area contributed by atoms with Crippen molar-refractivity contribution in [2.45, 2.75) is 38.5 Å².